The molecule has 0 aromatic heterocycles. The molecule has 1 fully saturated rings. The van der Waals surface area contributed by atoms with Crippen molar-refractivity contribution >= 4 is 24.3 Å². The zero-order valence-electron chi connectivity index (χ0n) is 17.0. The second-order valence-electron chi connectivity index (χ2n) is 8.23. The van der Waals surface area contributed by atoms with Gasteiger partial charge in [-0.15, -0.1) is 12.4 Å². The van der Waals surface area contributed by atoms with Crippen LogP contribution in [-0.4, -0.2) is 35.9 Å². The standard InChI is InChI=1S/C20H31N5O2.ClH/c1-19(2,3)15-7-9-16(10-8-15)26-13-6-14-27-25-18(22)23-17(21)24-20(25)11-4-5-12-20;/h7-10H,4-6,11-14H2,1-3H3,(H4,21,22,23,24);1H. The highest BCUT2D eigenvalue weighted by molar-refractivity contribution is 5.95. The maximum Gasteiger partial charge on any atom is 0.226 e. The summed E-state index contributed by atoms with van der Waals surface area (Å²) in [6.07, 6.45) is 4.65. The second kappa shape index (κ2) is 9.01. The van der Waals surface area contributed by atoms with E-state index in [9.17, 15) is 0 Å². The summed E-state index contributed by atoms with van der Waals surface area (Å²) in [5.74, 6) is 1.38. The smallest absolute Gasteiger partial charge is 0.226 e. The SMILES string of the molecule is CC(C)(C)c1ccc(OCCCON2C(N)=NC(N)=NC23CCCC3)cc1.Cl. The Labute approximate surface area is 173 Å². The van der Waals surface area contributed by atoms with Crippen molar-refractivity contribution in [3.63, 3.8) is 0 Å². The lowest BCUT2D eigenvalue weighted by Crippen LogP contribution is -2.55. The van der Waals surface area contributed by atoms with E-state index < -0.39 is 5.66 Å². The average molecular weight is 410 g/mol. The number of nitrogens with zero attached hydrogens (tertiary/aromatic N) is 3. The molecule has 156 valence electrons. The molecule has 2 aliphatic rings. The first-order chi connectivity index (χ1) is 12.8. The zero-order valence-corrected chi connectivity index (χ0v) is 17.8. The van der Waals surface area contributed by atoms with Crippen molar-refractivity contribution in [2.45, 2.75) is 64.0 Å². The monoisotopic (exact) mass is 409 g/mol. The summed E-state index contributed by atoms with van der Waals surface area (Å²) in [5, 5.41) is 1.65. The molecule has 0 radical (unpaired) electrons. The fraction of sp³-hybridized carbons (Fsp3) is 0.600. The number of hydrogen-bond donors (Lipinski definition) is 2. The fourth-order valence-electron chi connectivity index (χ4n) is 3.56. The maximum atomic E-state index is 6.04. The molecule has 3 rings (SSSR count). The number of hydrogen-bond acceptors (Lipinski definition) is 7. The van der Waals surface area contributed by atoms with Gasteiger partial charge in [0.05, 0.1) is 13.2 Å². The van der Waals surface area contributed by atoms with E-state index in [-0.39, 0.29) is 29.7 Å². The van der Waals surface area contributed by atoms with Gasteiger partial charge in [-0.1, -0.05) is 32.9 Å². The van der Waals surface area contributed by atoms with Gasteiger partial charge in [-0.3, -0.25) is 4.84 Å². The number of rotatable bonds is 6. The van der Waals surface area contributed by atoms with Gasteiger partial charge in [-0.25, -0.2) is 4.99 Å². The van der Waals surface area contributed by atoms with Crippen molar-refractivity contribution in [3.05, 3.63) is 29.8 Å². The van der Waals surface area contributed by atoms with Gasteiger partial charge in [-0.05, 0) is 48.8 Å². The third-order valence-corrected chi connectivity index (χ3v) is 5.04. The molecule has 8 heteroatoms. The quantitative estimate of drug-likeness (QED) is 0.702. The number of halogens is 1. The largest absolute Gasteiger partial charge is 0.494 e. The molecule has 0 amide bonds. The Hall–Kier alpha value is -1.99. The Bertz CT molecular complexity index is 706. The zero-order chi connectivity index (χ0) is 19.5. The third-order valence-electron chi connectivity index (χ3n) is 5.04. The molecule has 1 heterocycles. The van der Waals surface area contributed by atoms with E-state index in [1.165, 1.54) is 5.56 Å². The molecule has 28 heavy (non-hydrogen) atoms. The topological polar surface area (TPSA) is 98.5 Å². The molecule has 0 bridgehead atoms. The molecule has 7 nitrogen and oxygen atoms in total. The molecular weight excluding hydrogens is 378 g/mol. The second-order valence-corrected chi connectivity index (χ2v) is 8.23. The van der Waals surface area contributed by atoms with Crippen LogP contribution in [0.15, 0.2) is 34.3 Å². The number of nitrogens with two attached hydrogens (primary N) is 2. The van der Waals surface area contributed by atoms with Gasteiger partial charge in [0.1, 0.15) is 5.75 Å². The highest BCUT2D eigenvalue weighted by Crippen LogP contribution is 2.38. The lowest BCUT2D eigenvalue weighted by atomic mass is 9.87. The van der Waals surface area contributed by atoms with E-state index in [0.717, 1.165) is 37.9 Å². The van der Waals surface area contributed by atoms with Gasteiger partial charge in [0.25, 0.3) is 0 Å². The Morgan fingerprint density at radius 3 is 2.32 bits per heavy atom. The van der Waals surface area contributed by atoms with Gasteiger partial charge in [0.2, 0.25) is 11.9 Å². The Balaban J connectivity index is 0.00000280. The summed E-state index contributed by atoms with van der Waals surface area (Å²) < 4.78 is 5.82. The van der Waals surface area contributed by atoms with Crippen LogP contribution in [0.1, 0.15) is 58.4 Å². The minimum Gasteiger partial charge on any atom is -0.494 e. The number of ether oxygens (including phenoxy) is 1. The van der Waals surface area contributed by atoms with Crippen molar-refractivity contribution in [2.75, 3.05) is 13.2 Å². The van der Waals surface area contributed by atoms with Crippen molar-refractivity contribution < 1.29 is 9.57 Å². The number of guanidine groups is 2. The van der Waals surface area contributed by atoms with Crippen LogP contribution in [0.25, 0.3) is 0 Å². The van der Waals surface area contributed by atoms with Crippen LogP contribution in [0.3, 0.4) is 0 Å². The first-order valence-electron chi connectivity index (χ1n) is 9.66. The molecule has 1 spiro atoms. The van der Waals surface area contributed by atoms with Crippen LogP contribution >= 0.6 is 12.4 Å². The van der Waals surface area contributed by atoms with E-state index in [4.69, 9.17) is 21.0 Å². The maximum absolute atomic E-state index is 6.04. The van der Waals surface area contributed by atoms with E-state index in [1.807, 2.05) is 12.1 Å². The highest BCUT2D eigenvalue weighted by Gasteiger charge is 2.44. The Morgan fingerprint density at radius 1 is 1.07 bits per heavy atom. The normalized spacial score (nSPS) is 18.5. The van der Waals surface area contributed by atoms with E-state index in [2.05, 4.69) is 42.9 Å². The molecule has 1 aliphatic carbocycles. The molecule has 4 N–H and O–H groups in total. The lowest BCUT2D eigenvalue weighted by molar-refractivity contribution is -0.167. The molecule has 0 atom stereocenters. The van der Waals surface area contributed by atoms with Crippen molar-refractivity contribution in [2.24, 2.45) is 21.5 Å². The van der Waals surface area contributed by atoms with Crippen LogP contribution in [0.2, 0.25) is 0 Å². The number of aliphatic imine (C=N–C) groups is 2. The molecular formula is C20H32ClN5O2. The highest BCUT2D eigenvalue weighted by atomic mass is 35.5. The van der Waals surface area contributed by atoms with Crippen LogP contribution in [-0.2, 0) is 10.3 Å². The van der Waals surface area contributed by atoms with Gasteiger partial charge in [-0.2, -0.15) is 10.1 Å². The van der Waals surface area contributed by atoms with E-state index in [0.29, 0.717) is 13.2 Å². The predicted octanol–water partition coefficient (Wildman–Crippen LogP) is 3.32. The lowest BCUT2D eigenvalue weighted by Gasteiger charge is -2.39. The third kappa shape index (κ3) is 5.08. The van der Waals surface area contributed by atoms with Crippen molar-refractivity contribution in [1.29, 1.82) is 0 Å². The average Bonchev–Trinajstić information content (AvgIpc) is 3.05. The molecule has 1 aromatic carbocycles. The summed E-state index contributed by atoms with van der Waals surface area (Å²) in [6, 6.07) is 8.26. The predicted molar refractivity (Wildman–Crippen MR) is 115 cm³/mol. The van der Waals surface area contributed by atoms with Gasteiger partial charge in [0, 0.05) is 6.42 Å². The Morgan fingerprint density at radius 2 is 1.71 bits per heavy atom. The van der Waals surface area contributed by atoms with E-state index in [1.54, 1.807) is 5.06 Å². The van der Waals surface area contributed by atoms with Crippen LogP contribution in [0.4, 0.5) is 0 Å². The van der Waals surface area contributed by atoms with Crippen LogP contribution in [0.5, 0.6) is 5.75 Å². The summed E-state index contributed by atoms with van der Waals surface area (Å²) >= 11 is 0. The molecule has 1 aliphatic heterocycles. The Kier molecular flexibility index (Phi) is 7.17. The number of hydroxylamine groups is 2. The van der Waals surface area contributed by atoms with Crippen molar-refractivity contribution in [1.82, 2.24) is 5.06 Å². The fourth-order valence-corrected chi connectivity index (χ4v) is 3.56. The van der Waals surface area contributed by atoms with Crippen LogP contribution in [0, 0.1) is 0 Å². The minimum atomic E-state index is -0.487. The number of benzene rings is 1. The first-order valence-corrected chi connectivity index (χ1v) is 9.66. The summed E-state index contributed by atoms with van der Waals surface area (Å²) in [5.41, 5.74) is 12.8. The molecule has 0 unspecified atom stereocenters. The first kappa shape index (κ1) is 22.3. The minimum absolute atomic E-state index is 0. The summed E-state index contributed by atoms with van der Waals surface area (Å²) in [6.45, 7) is 7.64. The molecule has 0 saturated heterocycles. The van der Waals surface area contributed by atoms with Gasteiger partial charge >= 0.3 is 0 Å². The summed E-state index contributed by atoms with van der Waals surface area (Å²) in [7, 11) is 0. The van der Waals surface area contributed by atoms with Gasteiger partial charge < -0.3 is 16.2 Å². The summed E-state index contributed by atoms with van der Waals surface area (Å²) in [4.78, 5) is 14.5. The molecule has 1 saturated carbocycles. The van der Waals surface area contributed by atoms with Crippen LogP contribution < -0.4 is 16.2 Å². The van der Waals surface area contributed by atoms with E-state index >= 15 is 0 Å². The molecule has 1 aromatic rings. The van der Waals surface area contributed by atoms with Gasteiger partial charge in [0.15, 0.2) is 5.66 Å². The van der Waals surface area contributed by atoms with Crippen molar-refractivity contribution in [3.8, 4) is 5.75 Å².